The van der Waals surface area contributed by atoms with E-state index in [1.807, 2.05) is 57.5 Å². The van der Waals surface area contributed by atoms with Gasteiger partial charge in [0.25, 0.3) is 0 Å². The highest BCUT2D eigenvalue weighted by Crippen LogP contribution is 2.27. The monoisotopic (exact) mass is 256 g/mol. The van der Waals surface area contributed by atoms with Crippen molar-refractivity contribution in [3.05, 3.63) is 54.1 Å². The Hall–Kier alpha value is -2.00. The van der Waals surface area contributed by atoms with Crippen molar-refractivity contribution in [2.75, 3.05) is 26.0 Å². The standard InChI is InChI=1S/C16H20N2O/c1-17-12-13-7-4-5-10-16(13)19-15-9-6-8-14(11-15)18(2)3/h4-11,17H,12H2,1-3H3. The van der Waals surface area contributed by atoms with Crippen LogP contribution in [0.3, 0.4) is 0 Å². The molecular weight excluding hydrogens is 236 g/mol. The molecule has 0 saturated heterocycles. The van der Waals surface area contributed by atoms with Crippen LogP contribution in [0, 0.1) is 0 Å². The zero-order chi connectivity index (χ0) is 13.7. The zero-order valence-electron chi connectivity index (χ0n) is 11.7. The topological polar surface area (TPSA) is 24.5 Å². The SMILES string of the molecule is CNCc1ccccc1Oc1cccc(N(C)C)c1. The molecule has 0 heterocycles. The van der Waals surface area contributed by atoms with E-state index >= 15 is 0 Å². The van der Waals surface area contributed by atoms with Gasteiger partial charge in [0.05, 0.1) is 0 Å². The number of rotatable bonds is 5. The minimum atomic E-state index is 0.795. The predicted octanol–water partition coefficient (Wildman–Crippen LogP) is 3.26. The summed E-state index contributed by atoms with van der Waals surface area (Å²) in [6.45, 7) is 0.795. The first kappa shape index (κ1) is 13.4. The average molecular weight is 256 g/mol. The summed E-state index contributed by atoms with van der Waals surface area (Å²) in [5.74, 6) is 1.75. The average Bonchev–Trinajstić information content (AvgIpc) is 2.41. The molecule has 0 aliphatic rings. The molecule has 3 heteroatoms. The molecule has 1 N–H and O–H groups in total. The fourth-order valence-electron chi connectivity index (χ4n) is 1.89. The summed E-state index contributed by atoms with van der Waals surface area (Å²) in [6.07, 6.45) is 0. The third-order valence-corrected chi connectivity index (χ3v) is 2.90. The summed E-state index contributed by atoms with van der Waals surface area (Å²) in [5, 5.41) is 3.15. The largest absolute Gasteiger partial charge is 0.457 e. The van der Waals surface area contributed by atoms with Crippen molar-refractivity contribution in [1.29, 1.82) is 0 Å². The molecule has 2 rings (SSSR count). The molecule has 3 nitrogen and oxygen atoms in total. The lowest BCUT2D eigenvalue weighted by Crippen LogP contribution is -2.08. The van der Waals surface area contributed by atoms with E-state index in [-0.39, 0.29) is 0 Å². The fourth-order valence-corrected chi connectivity index (χ4v) is 1.89. The maximum Gasteiger partial charge on any atom is 0.131 e. The quantitative estimate of drug-likeness (QED) is 0.888. The van der Waals surface area contributed by atoms with Crippen LogP contribution in [0.2, 0.25) is 0 Å². The highest BCUT2D eigenvalue weighted by Gasteiger charge is 2.04. The Morgan fingerprint density at radius 1 is 1.05 bits per heavy atom. The normalized spacial score (nSPS) is 10.3. The Bertz CT molecular complexity index is 538. The van der Waals surface area contributed by atoms with Gasteiger partial charge in [-0.3, -0.25) is 0 Å². The van der Waals surface area contributed by atoms with E-state index < -0.39 is 0 Å². The Morgan fingerprint density at radius 2 is 1.84 bits per heavy atom. The molecule has 0 bridgehead atoms. The van der Waals surface area contributed by atoms with E-state index in [1.54, 1.807) is 0 Å². The molecular formula is C16H20N2O. The number of hydrogen-bond acceptors (Lipinski definition) is 3. The first-order chi connectivity index (χ1) is 9.20. The Balaban J connectivity index is 2.23. The van der Waals surface area contributed by atoms with Crippen LogP contribution < -0.4 is 15.0 Å². The lowest BCUT2D eigenvalue weighted by atomic mass is 10.2. The molecule has 19 heavy (non-hydrogen) atoms. The second-order valence-corrected chi connectivity index (χ2v) is 4.63. The minimum Gasteiger partial charge on any atom is -0.457 e. The van der Waals surface area contributed by atoms with E-state index in [1.165, 1.54) is 0 Å². The molecule has 2 aromatic rings. The van der Waals surface area contributed by atoms with Crippen molar-refractivity contribution in [3.63, 3.8) is 0 Å². The molecule has 0 spiro atoms. The number of nitrogens with zero attached hydrogens (tertiary/aromatic N) is 1. The van der Waals surface area contributed by atoms with E-state index in [0.717, 1.165) is 29.3 Å². The molecule has 0 atom stereocenters. The summed E-state index contributed by atoms with van der Waals surface area (Å²) in [7, 11) is 5.98. The van der Waals surface area contributed by atoms with Gasteiger partial charge in [0.15, 0.2) is 0 Å². The smallest absolute Gasteiger partial charge is 0.131 e. The summed E-state index contributed by atoms with van der Waals surface area (Å²) in [6, 6.07) is 16.2. The maximum atomic E-state index is 5.99. The van der Waals surface area contributed by atoms with Gasteiger partial charge in [-0.25, -0.2) is 0 Å². The highest BCUT2D eigenvalue weighted by molar-refractivity contribution is 5.50. The summed E-state index contributed by atoms with van der Waals surface area (Å²) >= 11 is 0. The van der Waals surface area contributed by atoms with Gasteiger partial charge >= 0.3 is 0 Å². The van der Waals surface area contributed by atoms with Gasteiger partial charge in [-0.05, 0) is 25.2 Å². The summed E-state index contributed by atoms with van der Waals surface area (Å²) < 4.78 is 5.99. The van der Waals surface area contributed by atoms with Gasteiger partial charge in [0, 0.05) is 38.0 Å². The van der Waals surface area contributed by atoms with Crippen LogP contribution in [-0.2, 0) is 6.54 Å². The summed E-state index contributed by atoms with van der Waals surface area (Å²) in [5.41, 5.74) is 2.28. The Kier molecular flexibility index (Phi) is 4.42. The van der Waals surface area contributed by atoms with Gasteiger partial charge in [0.2, 0.25) is 0 Å². The lowest BCUT2D eigenvalue weighted by Gasteiger charge is -2.15. The van der Waals surface area contributed by atoms with Crippen molar-refractivity contribution < 1.29 is 4.74 Å². The van der Waals surface area contributed by atoms with Crippen molar-refractivity contribution >= 4 is 5.69 Å². The molecule has 0 saturated carbocycles. The molecule has 100 valence electrons. The van der Waals surface area contributed by atoms with Crippen LogP contribution in [0.1, 0.15) is 5.56 Å². The predicted molar refractivity (Wildman–Crippen MR) is 80.0 cm³/mol. The minimum absolute atomic E-state index is 0.795. The zero-order valence-corrected chi connectivity index (χ0v) is 11.7. The van der Waals surface area contributed by atoms with Gasteiger partial charge in [-0.1, -0.05) is 24.3 Å². The Morgan fingerprint density at radius 3 is 2.58 bits per heavy atom. The first-order valence-corrected chi connectivity index (χ1v) is 6.38. The maximum absolute atomic E-state index is 5.99. The molecule has 0 fully saturated rings. The Labute approximate surface area is 114 Å². The third kappa shape index (κ3) is 3.48. The molecule has 0 unspecified atom stereocenters. The second kappa shape index (κ2) is 6.25. The molecule has 2 aromatic carbocycles. The van der Waals surface area contributed by atoms with E-state index in [2.05, 4.69) is 22.3 Å². The van der Waals surface area contributed by atoms with E-state index in [0.29, 0.717) is 0 Å². The molecule has 0 aromatic heterocycles. The van der Waals surface area contributed by atoms with Crippen molar-refractivity contribution in [2.24, 2.45) is 0 Å². The number of anilines is 1. The van der Waals surface area contributed by atoms with Crippen LogP contribution in [0.15, 0.2) is 48.5 Å². The number of para-hydroxylation sites is 1. The molecule has 0 aliphatic carbocycles. The van der Waals surface area contributed by atoms with Crippen molar-refractivity contribution in [3.8, 4) is 11.5 Å². The van der Waals surface area contributed by atoms with Gasteiger partial charge < -0.3 is 15.0 Å². The third-order valence-electron chi connectivity index (χ3n) is 2.90. The lowest BCUT2D eigenvalue weighted by molar-refractivity contribution is 0.474. The number of hydrogen-bond donors (Lipinski definition) is 1. The van der Waals surface area contributed by atoms with Crippen LogP contribution in [0.5, 0.6) is 11.5 Å². The van der Waals surface area contributed by atoms with Gasteiger partial charge in [-0.15, -0.1) is 0 Å². The first-order valence-electron chi connectivity index (χ1n) is 6.38. The fraction of sp³-hybridized carbons (Fsp3) is 0.250. The van der Waals surface area contributed by atoms with Crippen LogP contribution in [-0.4, -0.2) is 21.1 Å². The summed E-state index contributed by atoms with van der Waals surface area (Å²) in [4.78, 5) is 2.06. The molecule has 0 radical (unpaired) electrons. The van der Waals surface area contributed by atoms with Crippen LogP contribution in [0.4, 0.5) is 5.69 Å². The van der Waals surface area contributed by atoms with Gasteiger partial charge in [-0.2, -0.15) is 0 Å². The number of ether oxygens (including phenoxy) is 1. The number of benzene rings is 2. The van der Waals surface area contributed by atoms with E-state index in [9.17, 15) is 0 Å². The van der Waals surface area contributed by atoms with Crippen molar-refractivity contribution in [1.82, 2.24) is 5.32 Å². The van der Waals surface area contributed by atoms with Crippen molar-refractivity contribution in [2.45, 2.75) is 6.54 Å². The molecule has 0 amide bonds. The van der Waals surface area contributed by atoms with Crippen LogP contribution >= 0.6 is 0 Å². The van der Waals surface area contributed by atoms with E-state index in [4.69, 9.17) is 4.74 Å². The second-order valence-electron chi connectivity index (χ2n) is 4.63. The number of nitrogens with one attached hydrogen (secondary N) is 1. The highest BCUT2D eigenvalue weighted by atomic mass is 16.5. The van der Waals surface area contributed by atoms with Gasteiger partial charge in [0.1, 0.15) is 11.5 Å². The van der Waals surface area contributed by atoms with Crippen LogP contribution in [0.25, 0.3) is 0 Å². The molecule has 0 aliphatic heterocycles.